The predicted octanol–water partition coefficient (Wildman–Crippen LogP) is 0.490. The van der Waals surface area contributed by atoms with Crippen LogP contribution in [0.3, 0.4) is 0 Å². The zero-order chi connectivity index (χ0) is 13.7. The Labute approximate surface area is 109 Å². The second kappa shape index (κ2) is 6.47. The number of hydrogen-bond donors (Lipinski definition) is 1. The van der Waals surface area contributed by atoms with Crippen molar-refractivity contribution < 1.29 is 4.79 Å². The first kappa shape index (κ1) is 14.6. The summed E-state index contributed by atoms with van der Waals surface area (Å²) >= 11 is 0. The highest BCUT2D eigenvalue weighted by Crippen LogP contribution is 2.21. The number of carbonyl (C=O) groups excluding carboxylic acids is 1. The minimum atomic E-state index is -0.0748. The summed E-state index contributed by atoms with van der Waals surface area (Å²) in [7, 11) is 5.41. The SMILES string of the molecule is CC(N)C(c1cccnc1)N(C)CC(=O)N(C)C. The molecule has 1 amide bonds. The van der Waals surface area contributed by atoms with Crippen LogP contribution in [0.1, 0.15) is 18.5 Å². The van der Waals surface area contributed by atoms with Gasteiger partial charge < -0.3 is 10.6 Å². The summed E-state index contributed by atoms with van der Waals surface area (Å²) < 4.78 is 0. The summed E-state index contributed by atoms with van der Waals surface area (Å²) in [5.41, 5.74) is 7.06. The Morgan fingerprint density at radius 3 is 2.56 bits per heavy atom. The standard InChI is InChI=1S/C13H22N4O/c1-10(14)13(11-6-5-7-15-8-11)17(4)9-12(18)16(2)3/h5-8,10,13H,9,14H2,1-4H3. The lowest BCUT2D eigenvalue weighted by Gasteiger charge is -2.31. The summed E-state index contributed by atoms with van der Waals surface area (Å²) in [4.78, 5) is 19.4. The van der Waals surface area contributed by atoms with Crippen molar-refractivity contribution in [3.05, 3.63) is 30.1 Å². The minimum Gasteiger partial charge on any atom is -0.348 e. The van der Waals surface area contributed by atoms with Gasteiger partial charge in [-0.3, -0.25) is 14.7 Å². The topological polar surface area (TPSA) is 62.5 Å². The predicted molar refractivity (Wildman–Crippen MR) is 72.0 cm³/mol. The Kier molecular flexibility index (Phi) is 5.25. The van der Waals surface area contributed by atoms with Crippen molar-refractivity contribution in [1.82, 2.24) is 14.8 Å². The van der Waals surface area contributed by atoms with Crippen molar-refractivity contribution in [1.29, 1.82) is 0 Å². The molecular formula is C13H22N4O. The first-order chi connectivity index (χ1) is 8.43. The van der Waals surface area contributed by atoms with Gasteiger partial charge in [0.25, 0.3) is 0 Å². The molecule has 5 nitrogen and oxygen atoms in total. The highest BCUT2D eigenvalue weighted by molar-refractivity contribution is 5.77. The monoisotopic (exact) mass is 250 g/mol. The summed E-state index contributed by atoms with van der Waals surface area (Å²) in [5, 5.41) is 0. The molecular weight excluding hydrogens is 228 g/mol. The lowest BCUT2D eigenvalue weighted by molar-refractivity contribution is -0.130. The maximum atomic E-state index is 11.7. The Morgan fingerprint density at radius 2 is 2.11 bits per heavy atom. The summed E-state index contributed by atoms with van der Waals surface area (Å²) in [6.07, 6.45) is 3.53. The maximum Gasteiger partial charge on any atom is 0.236 e. The summed E-state index contributed by atoms with van der Waals surface area (Å²) in [6.45, 7) is 2.28. The number of carbonyl (C=O) groups is 1. The fourth-order valence-corrected chi connectivity index (χ4v) is 1.96. The minimum absolute atomic E-state index is 0.0115. The fourth-order valence-electron chi connectivity index (χ4n) is 1.96. The van der Waals surface area contributed by atoms with Crippen molar-refractivity contribution in [2.75, 3.05) is 27.7 Å². The normalized spacial score (nSPS) is 14.3. The molecule has 1 rings (SSSR count). The van der Waals surface area contributed by atoms with Crippen molar-refractivity contribution >= 4 is 5.91 Å². The first-order valence-corrected chi connectivity index (χ1v) is 5.99. The number of likely N-dealkylation sites (N-methyl/N-ethyl adjacent to an activating group) is 2. The highest BCUT2D eigenvalue weighted by Gasteiger charge is 2.23. The van der Waals surface area contributed by atoms with Gasteiger partial charge in [0.05, 0.1) is 12.6 Å². The Bertz CT molecular complexity index is 378. The molecule has 2 unspecified atom stereocenters. The van der Waals surface area contributed by atoms with Crippen molar-refractivity contribution in [3.8, 4) is 0 Å². The number of hydrogen-bond acceptors (Lipinski definition) is 4. The number of amides is 1. The van der Waals surface area contributed by atoms with Crippen molar-refractivity contribution in [2.24, 2.45) is 5.73 Å². The molecule has 0 saturated heterocycles. The van der Waals surface area contributed by atoms with Gasteiger partial charge >= 0.3 is 0 Å². The molecule has 0 spiro atoms. The molecule has 0 saturated carbocycles. The van der Waals surface area contributed by atoms with Crippen molar-refractivity contribution in [3.63, 3.8) is 0 Å². The number of nitrogens with zero attached hydrogens (tertiary/aromatic N) is 3. The number of rotatable bonds is 5. The number of pyridine rings is 1. The molecule has 0 aliphatic heterocycles. The molecule has 100 valence electrons. The van der Waals surface area contributed by atoms with E-state index in [-0.39, 0.29) is 18.0 Å². The van der Waals surface area contributed by atoms with E-state index in [4.69, 9.17) is 5.73 Å². The molecule has 2 N–H and O–H groups in total. The van der Waals surface area contributed by atoms with Crippen LogP contribution in [-0.2, 0) is 4.79 Å². The molecule has 0 bridgehead atoms. The van der Waals surface area contributed by atoms with E-state index in [1.807, 2.05) is 31.0 Å². The molecule has 0 aliphatic rings. The molecule has 5 heteroatoms. The Balaban J connectivity index is 2.83. The maximum absolute atomic E-state index is 11.7. The third-order valence-corrected chi connectivity index (χ3v) is 2.88. The van der Waals surface area contributed by atoms with Crippen LogP contribution in [0.15, 0.2) is 24.5 Å². The van der Waals surface area contributed by atoms with E-state index in [2.05, 4.69) is 4.98 Å². The summed E-state index contributed by atoms with van der Waals surface area (Å²) in [5.74, 6) is 0.0621. The van der Waals surface area contributed by atoms with Gasteiger partial charge in [0, 0.05) is 32.5 Å². The van der Waals surface area contributed by atoms with Gasteiger partial charge in [-0.25, -0.2) is 0 Å². The van der Waals surface area contributed by atoms with Gasteiger partial charge in [0.2, 0.25) is 5.91 Å². The van der Waals surface area contributed by atoms with Gasteiger partial charge in [-0.2, -0.15) is 0 Å². The third-order valence-electron chi connectivity index (χ3n) is 2.88. The number of aromatic nitrogens is 1. The molecule has 1 heterocycles. The number of nitrogens with two attached hydrogens (primary N) is 1. The van der Waals surface area contributed by atoms with Crippen LogP contribution in [0.5, 0.6) is 0 Å². The molecule has 0 aromatic carbocycles. The summed E-state index contributed by atoms with van der Waals surface area (Å²) in [6, 6.07) is 3.78. The zero-order valence-electron chi connectivity index (χ0n) is 11.5. The second-order valence-corrected chi connectivity index (χ2v) is 4.79. The second-order valence-electron chi connectivity index (χ2n) is 4.79. The van der Waals surface area contributed by atoms with Gasteiger partial charge in [-0.15, -0.1) is 0 Å². The van der Waals surface area contributed by atoms with E-state index in [0.29, 0.717) is 6.54 Å². The first-order valence-electron chi connectivity index (χ1n) is 5.99. The average molecular weight is 250 g/mol. The molecule has 2 atom stereocenters. The Morgan fingerprint density at radius 1 is 1.44 bits per heavy atom. The lowest BCUT2D eigenvalue weighted by atomic mass is 10.0. The van der Waals surface area contributed by atoms with Crippen LogP contribution < -0.4 is 5.73 Å². The molecule has 0 fully saturated rings. The Hall–Kier alpha value is -1.46. The fraction of sp³-hybridized carbons (Fsp3) is 0.538. The lowest BCUT2D eigenvalue weighted by Crippen LogP contribution is -2.42. The van der Waals surface area contributed by atoms with Crippen LogP contribution in [0.25, 0.3) is 0 Å². The average Bonchev–Trinajstić information content (AvgIpc) is 2.29. The van der Waals surface area contributed by atoms with Gasteiger partial charge in [-0.05, 0) is 25.6 Å². The molecule has 1 aromatic rings. The van der Waals surface area contributed by atoms with E-state index in [1.54, 1.807) is 31.4 Å². The molecule has 18 heavy (non-hydrogen) atoms. The van der Waals surface area contributed by atoms with E-state index in [1.165, 1.54) is 0 Å². The van der Waals surface area contributed by atoms with E-state index in [9.17, 15) is 4.79 Å². The van der Waals surface area contributed by atoms with Gasteiger partial charge in [-0.1, -0.05) is 6.07 Å². The highest BCUT2D eigenvalue weighted by atomic mass is 16.2. The smallest absolute Gasteiger partial charge is 0.236 e. The molecule has 0 radical (unpaired) electrons. The van der Waals surface area contributed by atoms with Crippen LogP contribution in [0, 0.1) is 0 Å². The zero-order valence-corrected chi connectivity index (χ0v) is 11.5. The van der Waals surface area contributed by atoms with Crippen LogP contribution in [0.2, 0.25) is 0 Å². The van der Waals surface area contributed by atoms with Crippen LogP contribution in [0.4, 0.5) is 0 Å². The van der Waals surface area contributed by atoms with E-state index < -0.39 is 0 Å². The van der Waals surface area contributed by atoms with E-state index >= 15 is 0 Å². The van der Waals surface area contributed by atoms with Crippen LogP contribution in [-0.4, -0.2) is 54.4 Å². The van der Waals surface area contributed by atoms with Crippen molar-refractivity contribution in [2.45, 2.75) is 19.0 Å². The quantitative estimate of drug-likeness (QED) is 0.826. The van der Waals surface area contributed by atoms with Gasteiger partial charge in [0.15, 0.2) is 0 Å². The van der Waals surface area contributed by atoms with Crippen LogP contribution >= 0.6 is 0 Å². The van der Waals surface area contributed by atoms with Gasteiger partial charge in [0.1, 0.15) is 0 Å². The third kappa shape index (κ3) is 3.78. The molecule has 0 aliphatic carbocycles. The molecule has 1 aromatic heterocycles. The van der Waals surface area contributed by atoms with E-state index in [0.717, 1.165) is 5.56 Å². The largest absolute Gasteiger partial charge is 0.348 e.